The van der Waals surface area contributed by atoms with E-state index in [0.29, 0.717) is 34.2 Å². The number of ketones is 1. The summed E-state index contributed by atoms with van der Waals surface area (Å²) in [4.78, 5) is 28.9. The van der Waals surface area contributed by atoms with Crippen LogP contribution in [0.1, 0.15) is 77.3 Å². The van der Waals surface area contributed by atoms with Crippen molar-refractivity contribution in [3.8, 4) is 11.5 Å². The Hall–Kier alpha value is -3.71. The Kier molecular flexibility index (Phi) is 10.6. The highest BCUT2D eigenvalue weighted by Crippen LogP contribution is 2.37. The zero-order valence-corrected chi connectivity index (χ0v) is 24.3. The average molecular weight is 548 g/mol. The van der Waals surface area contributed by atoms with Crippen molar-refractivity contribution < 1.29 is 24.2 Å². The molecule has 0 saturated heterocycles. The van der Waals surface area contributed by atoms with Crippen LogP contribution in [-0.2, 0) is 6.61 Å². The molecule has 2 aromatic carbocycles. The number of methoxy groups -OCH3 is 1. The first kappa shape index (κ1) is 29.8. The number of aromatic carboxylic acids is 1. The summed E-state index contributed by atoms with van der Waals surface area (Å²) in [5, 5.41) is 10.0. The van der Waals surface area contributed by atoms with E-state index in [1.54, 1.807) is 14.0 Å². The van der Waals surface area contributed by atoms with Gasteiger partial charge in [0.1, 0.15) is 16.5 Å². The molecule has 1 aromatic heterocycles. The number of carbonyl (C=O) groups is 2. The minimum atomic E-state index is -1.03. The number of carboxylic acid groups (broad SMARTS) is 1. The summed E-state index contributed by atoms with van der Waals surface area (Å²) in [6, 6.07) is 15.9. The smallest absolute Gasteiger partial charge is 0.346 e. The number of carbonyl (C=O) groups excluding carboxylic acids is 1. The fourth-order valence-corrected chi connectivity index (χ4v) is 5.77. The van der Waals surface area contributed by atoms with Crippen molar-refractivity contribution in [3.63, 3.8) is 0 Å². The van der Waals surface area contributed by atoms with E-state index < -0.39 is 5.97 Å². The van der Waals surface area contributed by atoms with Gasteiger partial charge in [-0.2, -0.15) is 0 Å². The lowest BCUT2D eigenvalue weighted by Gasteiger charge is -2.21. The molecule has 1 heterocycles. The van der Waals surface area contributed by atoms with Gasteiger partial charge in [0, 0.05) is 11.6 Å². The first-order chi connectivity index (χ1) is 18.7. The van der Waals surface area contributed by atoms with Crippen LogP contribution >= 0.6 is 11.3 Å². The van der Waals surface area contributed by atoms with E-state index in [4.69, 9.17) is 14.5 Å². The SMILES string of the molecule is CCCC(/C(C)=N/c1sc(C(=O)O)c(C)c1C(C)=O)C(C)/C=C\c1ccc(OCc2ccccc2)c(OC)c1. The van der Waals surface area contributed by atoms with Crippen LogP contribution in [-0.4, -0.2) is 29.7 Å². The van der Waals surface area contributed by atoms with E-state index in [-0.39, 0.29) is 22.5 Å². The van der Waals surface area contributed by atoms with Gasteiger partial charge in [-0.15, -0.1) is 11.3 Å². The van der Waals surface area contributed by atoms with Gasteiger partial charge in [0.15, 0.2) is 17.3 Å². The molecule has 7 heteroatoms. The zero-order valence-electron chi connectivity index (χ0n) is 23.5. The Bertz CT molecular complexity index is 1360. The third kappa shape index (κ3) is 7.67. The molecule has 2 unspecified atom stereocenters. The number of hydrogen-bond donors (Lipinski definition) is 1. The molecule has 206 valence electrons. The second kappa shape index (κ2) is 13.9. The Morgan fingerprint density at radius 2 is 1.82 bits per heavy atom. The highest BCUT2D eigenvalue weighted by Gasteiger charge is 2.24. The highest BCUT2D eigenvalue weighted by molar-refractivity contribution is 7.18. The number of benzene rings is 2. The largest absolute Gasteiger partial charge is 0.493 e. The van der Waals surface area contributed by atoms with Crippen molar-refractivity contribution in [2.45, 2.75) is 54.1 Å². The Morgan fingerprint density at radius 1 is 1.10 bits per heavy atom. The van der Waals surface area contributed by atoms with E-state index in [2.05, 4.69) is 26.0 Å². The summed E-state index contributed by atoms with van der Waals surface area (Å²) in [5.41, 5.74) is 3.85. The van der Waals surface area contributed by atoms with Crippen molar-refractivity contribution in [1.82, 2.24) is 0 Å². The number of aliphatic imine (C=N–C) groups is 1. The molecule has 0 fully saturated rings. The van der Waals surface area contributed by atoms with E-state index >= 15 is 0 Å². The minimum Gasteiger partial charge on any atom is -0.493 e. The molecule has 0 saturated carbocycles. The maximum Gasteiger partial charge on any atom is 0.346 e. The Labute approximate surface area is 235 Å². The normalized spacial score (nSPS) is 13.3. The summed E-state index contributed by atoms with van der Waals surface area (Å²) in [6.45, 7) is 9.84. The van der Waals surface area contributed by atoms with Crippen molar-refractivity contribution in [2.75, 3.05) is 7.11 Å². The van der Waals surface area contributed by atoms with Gasteiger partial charge in [-0.25, -0.2) is 9.79 Å². The highest BCUT2D eigenvalue weighted by atomic mass is 32.1. The molecule has 1 N–H and O–H groups in total. The van der Waals surface area contributed by atoms with Gasteiger partial charge in [0.2, 0.25) is 0 Å². The lowest BCUT2D eigenvalue weighted by Crippen LogP contribution is -2.18. The lowest BCUT2D eigenvalue weighted by molar-refractivity contribution is 0.0701. The molecule has 0 bridgehead atoms. The molecule has 0 amide bonds. The van der Waals surface area contributed by atoms with E-state index in [1.807, 2.05) is 55.5 Å². The monoisotopic (exact) mass is 547 g/mol. The molecule has 3 rings (SSSR count). The van der Waals surface area contributed by atoms with E-state index in [0.717, 1.165) is 41.0 Å². The number of thiophene rings is 1. The Morgan fingerprint density at radius 3 is 2.44 bits per heavy atom. The van der Waals surface area contributed by atoms with Crippen LogP contribution < -0.4 is 9.47 Å². The number of carboxylic acids is 1. The maximum atomic E-state index is 12.3. The first-order valence-electron chi connectivity index (χ1n) is 13.1. The molecule has 0 aliphatic rings. The molecule has 2 atom stereocenters. The number of rotatable bonds is 13. The predicted molar refractivity (Wildman–Crippen MR) is 159 cm³/mol. The fraction of sp³-hybridized carbons (Fsp3) is 0.344. The second-order valence-corrected chi connectivity index (χ2v) is 10.6. The molecule has 3 aromatic rings. The molecule has 0 aliphatic heterocycles. The number of Topliss-reactive ketones (excluding diaryl/α,β-unsaturated/α-hetero) is 1. The van der Waals surface area contributed by atoms with Gasteiger partial charge in [-0.3, -0.25) is 4.79 Å². The van der Waals surface area contributed by atoms with E-state index in [9.17, 15) is 14.7 Å². The molecule has 39 heavy (non-hydrogen) atoms. The molecular weight excluding hydrogens is 510 g/mol. The molecular formula is C32H37NO5S. The van der Waals surface area contributed by atoms with Gasteiger partial charge in [-0.1, -0.05) is 68.8 Å². The van der Waals surface area contributed by atoms with Crippen molar-refractivity contribution in [2.24, 2.45) is 16.8 Å². The van der Waals surface area contributed by atoms with Crippen LogP contribution in [0, 0.1) is 18.8 Å². The quantitative estimate of drug-likeness (QED) is 0.171. The lowest BCUT2D eigenvalue weighted by atomic mass is 9.85. The third-order valence-electron chi connectivity index (χ3n) is 6.74. The van der Waals surface area contributed by atoms with Crippen LogP contribution in [0.3, 0.4) is 0 Å². The first-order valence-corrected chi connectivity index (χ1v) is 13.9. The molecule has 0 aliphatic carbocycles. The predicted octanol–water partition coefficient (Wildman–Crippen LogP) is 8.40. The van der Waals surface area contributed by atoms with Crippen molar-refractivity contribution in [1.29, 1.82) is 0 Å². The van der Waals surface area contributed by atoms with Crippen LogP contribution in [0.15, 0.2) is 59.6 Å². The number of ether oxygens (including phenoxy) is 2. The summed E-state index contributed by atoms with van der Waals surface area (Å²) < 4.78 is 11.6. The summed E-state index contributed by atoms with van der Waals surface area (Å²) in [6.07, 6.45) is 6.12. The molecule has 0 radical (unpaired) electrons. The maximum absolute atomic E-state index is 12.3. The number of allylic oxidation sites excluding steroid dienone is 1. The van der Waals surface area contributed by atoms with Crippen molar-refractivity contribution in [3.05, 3.63) is 81.7 Å². The van der Waals surface area contributed by atoms with Gasteiger partial charge >= 0.3 is 5.97 Å². The van der Waals surface area contributed by atoms with Crippen LogP contribution in [0.5, 0.6) is 11.5 Å². The summed E-state index contributed by atoms with van der Waals surface area (Å²) in [7, 11) is 1.63. The standard InChI is InChI=1S/C32H37NO5S/c1-7-11-26(22(4)33-31-29(23(5)34)21(3)30(39-31)32(35)36)20(2)14-15-24-16-17-27(28(18-24)37-6)38-19-25-12-9-8-10-13-25/h8-10,12-18,20,26H,7,11,19H2,1-6H3,(H,35,36)/b15-14-,33-22+. The summed E-state index contributed by atoms with van der Waals surface area (Å²) in [5.74, 6) is 0.446. The topological polar surface area (TPSA) is 85.2 Å². The van der Waals surface area contributed by atoms with Gasteiger partial charge in [0.05, 0.1) is 12.7 Å². The minimum absolute atomic E-state index is 0.136. The van der Waals surface area contributed by atoms with Gasteiger partial charge < -0.3 is 14.6 Å². The van der Waals surface area contributed by atoms with Gasteiger partial charge in [-0.05, 0) is 61.9 Å². The van der Waals surface area contributed by atoms with E-state index in [1.165, 1.54) is 6.92 Å². The summed E-state index contributed by atoms with van der Waals surface area (Å²) >= 11 is 1.06. The van der Waals surface area contributed by atoms with Gasteiger partial charge in [0.25, 0.3) is 0 Å². The molecule has 6 nitrogen and oxygen atoms in total. The van der Waals surface area contributed by atoms with Crippen molar-refractivity contribution >= 4 is 39.9 Å². The zero-order chi connectivity index (χ0) is 28.5. The fourth-order valence-electron chi connectivity index (χ4n) is 4.64. The average Bonchev–Trinajstić information content (AvgIpc) is 3.25. The third-order valence-corrected chi connectivity index (χ3v) is 7.91. The number of hydrogen-bond acceptors (Lipinski definition) is 6. The molecule has 0 spiro atoms. The van der Waals surface area contributed by atoms with Crippen LogP contribution in [0.2, 0.25) is 0 Å². The second-order valence-electron chi connectivity index (χ2n) is 9.65. The Balaban J connectivity index is 1.80. The van der Waals surface area contributed by atoms with Crippen LogP contribution in [0.4, 0.5) is 5.00 Å². The number of nitrogens with zero attached hydrogens (tertiary/aromatic N) is 1. The van der Waals surface area contributed by atoms with Crippen LogP contribution in [0.25, 0.3) is 6.08 Å².